The van der Waals surface area contributed by atoms with E-state index in [0.29, 0.717) is 11.6 Å². The number of pyridine rings is 1. The second-order valence-electron chi connectivity index (χ2n) is 7.93. The maximum Gasteiger partial charge on any atom is 0.196 e. The Bertz CT molecular complexity index is 1210. The standard InChI is InChI=1S/C26H26ClN5S/c1-20(15-21-7-4-3-5-8-21)17-31(2)18-25-29-30-26(33-19-22-11-13-28-14-12-22)32(25)24-10-6-9-23(27)16-24/h3-16H,17-19H2,1-2H3. The van der Waals surface area contributed by atoms with Crippen LogP contribution in [0.5, 0.6) is 0 Å². The van der Waals surface area contributed by atoms with Gasteiger partial charge in [0, 0.05) is 29.7 Å². The summed E-state index contributed by atoms with van der Waals surface area (Å²) >= 11 is 7.96. The van der Waals surface area contributed by atoms with E-state index in [1.54, 1.807) is 11.8 Å². The summed E-state index contributed by atoms with van der Waals surface area (Å²) < 4.78 is 2.10. The molecule has 2 aromatic heterocycles. The average molecular weight is 476 g/mol. The summed E-state index contributed by atoms with van der Waals surface area (Å²) in [6, 6.07) is 22.2. The molecule has 4 aromatic rings. The van der Waals surface area contributed by atoms with Gasteiger partial charge >= 0.3 is 0 Å². The zero-order valence-electron chi connectivity index (χ0n) is 18.7. The first-order valence-electron chi connectivity index (χ1n) is 10.7. The van der Waals surface area contributed by atoms with E-state index in [-0.39, 0.29) is 0 Å². The van der Waals surface area contributed by atoms with Gasteiger partial charge in [-0.15, -0.1) is 10.2 Å². The highest BCUT2D eigenvalue weighted by molar-refractivity contribution is 7.98. The Balaban J connectivity index is 1.54. The Kier molecular flexibility index (Phi) is 7.94. The van der Waals surface area contributed by atoms with Crippen molar-refractivity contribution in [2.45, 2.75) is 24.4 Å². The summed E-state index contributed by atoms with van der Waals surface area (Å²) in [5.41, 5.74) is 4.64. The Morgan fingerprint density at radius 3 is 2.58 bits per heavy atom. The number of benzene rings is 2. The summed E-state index contributed by atoms with van der Waals surface area (Å²) in [6.07, 6.45) is 5.83. The van der Waals surface area contributed by atoms with E-state index in [1.165, 1.54) is 16.7 Å². The maximum absolute atomic E-state index is 6.31. The number of hydrogen-bond acceptors (Lipinski definition) is 5. The van der Waals surface area contributed by atoms with Crippen molar-refractivity contribution in [1.82, 2.24) is 24.6 Å². The molecule has 0 aliphatic heterocycles. The second kappa shape index (κ2) is 11.3. The van der Waals surface area contributed by atoms with Gasteiger partial charge < -0.3 is 0 Å². The van der Waals surface area contributed by atoms with Crippen LogP contribution in [0.3, 0.4) is 0 Å². The summed E-state index contributed by atoms with van der Waals surface area (Å²) in [6.45, 7) is 3.65. The van der Waals surface area contributed by atoms with Crippen molar-refractivity contribution < 1.29 is 0 Å². The van der Waals surface area contributed by atoms with Crippen molar-refractivity contribution in [3.8, 4) is 5.69 Å². The van der Waals surface area contributed by atoms with Crippen molar-refractivity contribution in [2.75, 3.05) is 13.6 Å². The second-order valence-corrected chi connectivity index (χ2v) is 9.31. The van der Waals surface area contributed by atoms with Gasteiger partial charge in [0.05, 0.1) is 12.2 Å². The Morgan fingerprint density at radius 1 is 1.03 bits per heavy atom. The van der Waals surface area contributed by atoms with E-state index in [4.69, 9.17) is 11.6 Å². The van der Waals surface area contributed by atoms with Gasteiger partial charge in [0.15, 0.2) is 11.0 Å². The molecule has 168 valence electrons. The smallest absolute Gasteiger partial charge is 0.196 e. The van der Waals surface area contributed by atoms with E-state index < -0.39 is 0 Å². The first kappa shape index (κ1) is 23.2. The van der Waals surface area contributed by atoms with E-state index in [1.807, 2.05) is 54.9 Å². The maximum atomic E-state index is 6.31. The van der Waals surface area contributed by atoms with Crippen LogP contribution in [0.1, 0.15) is 23.9 Å². The van der Waals surface area contributed by atoms with Crippen LogP contribution in [0.25, 0.3) is 11.8 Å². The fourth-order valence-corrected chi connectivity index (χ4v) is 4.71. The minimum atomic E-state index is 0.662. The van der Waals surface area contributed by atoms with Gasteiger partial charge in [0.2, 0.25) is 0 Å². The molecular weight excluding hydrogens is 450 g/mol. The SMILES string of the molecule is CC(=Cc1ccccc1)CN(C)Cc1nnc(SCc2ccncc2)n1-c1cccc(Cl)c1. The number of rotatable bonds is 9. The third-order valence-electron chi connectivity index (χ3n) is 5.03. The van der Waals surface area contributed by atoms with Crippen molar-refractivity contribution in [2.24, 2.45) is 0 Å². The predicted octanol–water partition coefficient (Wildman–Crippen LogP) is 6.14. The van der Waals surface area contributed by atoms with Gasteiger partial charge in [-0.2, -0.15) is 0 Å². The molecule has 0 spiro atoms. The van der Waals surface area contributed by atoms with Crippen LogP contribution in [0.15, 0.2) is 89.9 Å². The number of halogens is 1. The molecule has 4 rings (SSSR count). The van der Waals surface area contributed by atoms with Gasteiger partial charge in [-0.3, -0.25) is 14.5 Å². The summed E-state index contributed by atoms with van der Waals surface area (Å²) in [4.78, 5) is 6.34. The lowest BCUT2D eigenvalue weighted by molar-refractivity contribution is 0.343. The van der Waals surface area contributed by atoms with Crippen molar-refractivity contribution in [1.29, 1.82) is 0 Å². The van der Waals surface area contributed by atoms with Crippen molar-refractivity contribution >= 4 is 29.4 Å². The van der Waals surface area contributed by atoms with Crippen LogP contribution < -0.4 is 0 Å². The number of aromatic nitrogens is 4. The summed E-state index contributed by atoms with van der Waals surface area (Å²) in [7, 11) is 2.10. The average Bonchev–Trinajstić information content (AvgIpc) is 3.21. The van der Waals surface area contributed by atoms with Gasteiger partial charge in [0.25, 0.3) is 0 Å². The quantitative estimate of drug-likeness (QED) is 0.272. The lowest BCUT2D eigenvalue weighted by atomic mass is 10.1. The zero-order valence-corrected chi connectivity index (χ0v) is 20.3. The third-order valence-corrected chi connectivity index (χ3v) is 6.26. The largest absolute Gasteiger partial charge is 0.295 e. The first-order chi connectivity index (χ1) is 16.1. The molecule has 7 heteroatoms. The van der Waals surface area contributed by atoms with Crippen LogP contribution in [0.4, 0.5) is 0 Å². The minimum absolute atomic E-state index is 0.662. The Morgan fingerprint density at radius 2 is 1.82 bits per heavy atom. The van der Waals surface area contributed by atoms with E-state index in [9.17, 15) is 0 Å². The highest BCUT2D eigenvalue weighted by Crippen LogP contribution is 2.27. The molecule has 0 atom stereocenters. The fraction of sp³-hybridized carbons (Fsp3) is 0.192. The van der Waals surface area contributed by atoms with Gasteiger partial charge in [-0.25, -0.2) is 0 Å². The number of thioether (sulfide) groups is 1. The fourth-order valence-electron chi connectivity index (χ4n) is 3.60. The topological polar surface area (TPSA) is 46.8 Å². The van der Waals surface area contributed by atoms with E-state index >= 15 is 0 Å². The van der Waals surface area contributed by atoms with Crippen LogP contribution in [-0.4, -0.2) is 38.2 Å². The normalized spacial score (nSPS) is 11.8. The number of nitrogens with zero attached hydrogens (tertiary/aromatic N) is 5. The number of likely N-dealkylation sites (N-methyl/N-ethyl adjacent to an activating group) is 1. The molecule has 0 amide bonds. The van der Waals surface area contributed by atoms with Gasteiger partial charge in [-0.05, 0) is 55.4 Å². The molecule has 0 aliphatic carbocycles. The van der Waals surface area contributed by atoms with Crippen LogP contribution >= 0.6 is 23.4 Å². The van der Waals surface area contributed by atoms with E-state index in [0.717, 1.165) is 29.0 Å². The zero-order chi connectivity index (χ0) is 23.0. The molecule has 0 aliphatic rings. The molecule has 0 saturated carbocycles. The molecule has 5 nitrogen and oxygen atoms in total. The lowest BCUT2D eigenvalue weighted by Crippen LogP contribution is -2.22. The van der Waals surface area contributed by atoms with Crippen molar-refractivity contribution in [3.05, 3.63) is 107 Å². The van der Waals surface area contributed by atoms with Gasteiger partial charge in [-0.1, -0.05) is 71.4 Å². The molecule has 0 fully saturated rings. The highest BCUT2D eigenvalue weighted by atomic mass is 35.5. The number of hydrogen-bond donors (Lipinski definition) is 0. The monoisotopic (exact) mass is 475 g/mol. The highest BCUT2D eigenvalue weighted by Gasteiger charge is 2.17. The molecule has 2 aromatic carbocycles. The molecule has 0 N–H and O–H groups in total. The molecule has 0 radical (unpaired) electrons. The predicted molar refractivity (Wildman–Crippen MR) is 137 cm³/mol. The molecule has 2 heterocycles. The lowest BCUT2D eigenvalue weighted by Gasteiger charge is -2.18. The van der Waals surface area contributed by atoms with E-state index in [2.05, 4.69) is 69.0 Å². The van der Waals surface area contributed by atoms with Crippen LogP contribution in [-0.2, 0) is 12.3 Å². The summed E-state index contributed by atoms with van der Waals surface area (Å²) in [5.74, 6) is 1.67. The van der Waals surface area contributed by atoms with Crippen LogP contribution in [0.2, 0.25) is 5.02 Å². The molecule has 33 heavy (non-hydrogen) atoms. The molecule has 0 bridgehead atoms. The minimum Gasteiger partial charge on any atom is -0.295 e. The van der Waals surface area contributed by atoms with Crippen molar-refractivity contribution in [3.63, 3.8) is 0 Å². The molecule has 0 saturated heterocycles. The molecule has 0 unspecified atom stereocenters. The third kappa shape index (κ3) is 6.54. The Hall–Kier alpha value is -2.93. The summed E-state index contributed by atoms with van der Waals surface area (Å²) in [5, 5.41) is 10.6. The first-order valence-corrected chi connectivity index (χ1v) is 12.1. The molecular formula is C26H26ClN5S. The van der Waals surface area contributed by atoms with Gasteiger partial charge in [0.1, 0.15) is 0 Å². The van der Waals surface area contributed by atoms with Crippen LogP contribution in [0, 0.1) is 0 Å². The Labute approximate surface area is 204 Å².